The molecule has 0 aliphatic carbocycles. The molecule has 6 nitrogen and oxygen atoms in total. The van der Waals surface area contributed by atoms with E-state index in [-0.39, 0.29) is 23.5 Å². The maximum Gasteiger partial charge on any atom is 0.287 e. The first-order valence-electron chi connectivity index (χ1n) is 8.16. The van der Waals surface area contributed by atoms with Crippen LogP contribution in [0, 0.1) is 11.8 Å². The van der Waals surface area contributed by atoms with Crippen molar-refractivity contribution < 1.29 is 14.0 Å². The van der Waals surface area contributed by atoms with Crippen molar-refractivity contribution in [2.24, 2.45) is 11.8 Å². The van der Waals surface area contributed by atoms with Crippen molar-refractivity contribution in [1.82, 2.24) is 15.1 Å². The van der Waals surface area contributed by atoms with Gasteiger partial charge in [-0.25, -0.2) is 0 Å². The summed E-state index contributed by atoms with van der Waals surface area (Å²) < 4.78 is 5.10. The summed E-state index contributed by atoms with van der Waals surface area (Å²) in [6, 6.07) is 2.74. The first-order valence-corrected chi connectivity index (χ1v) is 8.16. The van der Waals surface area contributed by atoms with E-state index in [0.29, 0.717) is 5.92 Å². The molecule has 1 aromatic rings. The zero-order valence-corrected chi connectivity index (χ0v) is 14.4. The third-order valence-electron chi connectivity index (χ3n) is 4.19. The van der Waals surface area contributed by atoms with Crippen molar-refractivity contribution >= 4 is 11.8 Å². The lowest BCUT2D eigenvalue weighted by Crippen LogP contribution is -2.50. The van der Waals surface area contributed by atoms with Gasteiger partial charge in [-0.05, 0) is 44.5 Å². The molecule has 1 aromatic heterocycles. The first kappa shape index (κ1) is 17.5. The second-order valence-electron chi connectivity index (χ2n) is 6.87. The predicted octanol–water partition coefficient (Wildman–Crippen LogP) is 1.44. The minimum Gasteiger partial charge on any atom is -0.459 e. The molecule has 0 bridgehead atoms. The van der Waals surface area contributed by atoms with Crippen molar-refractivity contribution in [3.05, 3.63) is 24.2 Å². The number of hydrogen-bond donors (Lipinski definition) is 1. The SMILES string of the molecule is CC(C)[C@H](NC(=O)c1ccco1)C(=O)N1CC[C@H](CN(C)C)C1. The number of furan rings is 1. The van der Waals surface area contributed by atoms with Crippen LogP contribution < -0.4 is 5.32 Å². The van der Waals surface area contributed by atoms with E-state index >= 15 is 0 Å². The smallest absolute Gasteiger partial charge is 0.287 e. The van der Waals surface area contributed by atoms with Gasteiger partial charge in [0.05, 0.1) is 6.26 Å². The van der Waals surface area contributed by atoms with Crippen molar-refractivity contribution in [1.29, 1.82) is 0 Å². The average molecular weight is 321 g/mol. The molecule has 2 amide bonds. The highest BCUT2D eigenvalue weighted by Crippen LogP contribution is 2.19. The zero-order chi connectivity index (χ0) is 17.0. The number of carbonyl (C=O) groups excluding carboxylic acids is 2. The van der Waals surface area contributed by atoms with Crippen molar-refractivity contribution in [3.63, 3.8) is 0 Å². The van der Waals surface area contributed by atoms with E-state index in [1.807, 2.05) is 32.8 Å². The minimum atomic E-state index is -0.522. The van der Waals surface area contributed by atoms with Gasteiger partial charge in [-0.3, -0.25) is 9.59 Å². The van der Waals surface area contributed by atoms with E-state index in [1.165, 1.54) is 6.26 Å². The van der Waals surface area contributed by atoms with E-state index in [0.717, 1.165) is 26.1 Å². The van der Waals surface area contributed by atoms with Crippen molar-refractivity contribution in [2.45, 2.75) is 26.3 Å². The molecule has 0 radical (unpaired) electrons. The predicted molar refractivity (Wildman–Crippen MR) is 88.0 cm³/mol. The Bertz CT molecular complexity index is 525. The lowest BCUT2D eigenvalue weighted by Gasteiger charge is -2.27. The van der Waals surface area contributed by atoms with Crippen LogP contribution >= 0.6 is 0 Å². The van der Waals surface area contributed by atoms with Crippen LogP contribution in [-0.2, 0) is 4.79 Å². The Hall–Kier alpha value is -1.82. The average Bonchev–Trinajstić information content (AvgIpc) is 3.13. The van der Waals surface area contributed by atoms with Crippen molar-refractivity contribution in [3.8, 4) is 0 Å². The van der Waals surface area contributed by atoms with E-state index < -0.39 is 6.04 Å². The highest BCUT2D eigenvalue weighted by Gasteiger charge is 2.33. The molecule has 0 unspecified atom stereocenters. The number of nitrogens with zero attached hydrogens (tertiary/aromatic N) is 2. The summed E-state index contributed by atoms with van der Waals surface area (Å²) in [7, 11) is 4.09. The second kappa shape index (κ2) is 7.64. The summed E-state index contributed by atoms with van der Waals surface area (Å²) in [6.07, 6.45) is 2.47. The molecule has 1 saturated heterocycles. The number of amides is 2. The van der Waals surface area contributed by atoms with Crippen LogP contribution in [0.3, 0.4) is 0 Å². The van der Waals surface area contributed by atoms with E-state index in [4.69, 9.17) is 4.42 Å². The monoisotopic (exact) mass is 321 g/mol. The molecule has 2 rings (SSSR count). The second-order valence-corrected chi connectivity index (χ2v) is 6.87. The first-order chi connectivity index (χ1) is 10.9. The topological polar surface area (TPSA) is 65.8 Å². The molecule has 2 atom stereocenters. The van der Waals surface area contributed by atoms with E-state index in [2.05, 4.69) is 10.2 Å². The Morgan fingerprint density at radius 3 is 2.74 bits per heavy atom. The maximum atomic E-state index is 12.8. The van der Waals surface area contributed by atoms with Crippen LogP contribution in [0.15, 0.2) is 22.8 Å². The fraction of sp³-hybridized carbons (Fsp3) is 0.647. The van der Waals surface area contributed by atoms with Gasteiger partial charge < -0.3 is 19.5 Å². The van der Waals surface area contributed by atoms with Crippen molar-refractivity contribution in [2.75, 3.05) is 33.7 Å². The molecule has 128 valence electrons. The molecule has 1 fully saturated rings. The molecule has 6 heteroatoms. The summed E-state index contributed by atoms with van der Waals surface area (Å²) in [4.78, 5) is 29.0. The summed E-state index contributed by atoms with van der Waals surface area (Å²) >= 11 is 0. The quantitative estimate of drug-likeness (QED) is 0.861. The van der Waals surface area contributed by atoms with Gasteiger partial charge in [-0.1, -0.05) is 13.8 Å². The van der Waals surface area contributed by atoms with Gasteiger partial charge in [0.25, 0.3) is 5.91 Å². The maximum absolute atomic E-state index is 12.8. The summed E-state index contributed by atoms with van der Waals surface area (Å²) in [5, 5.41) is 2.82. The summed E-state index contributed by atoms with van der Waals surface area (Å²) in [6.45, 7) is 6.39. The molecule has 2 heterocycles. The Morgan fingerprint density at radius 1 is 1.43 bits per heavy atom. The van der Waals surface area contributed by atoms with Gasteiger partial charge in [0.15, 0.2) is 5.76 Å². The molecule has 1 aliphatic rings. The van der Waals surface area contributed by atoms with Gasteiger partial charge in [0.2, 0.25) is 5.91 Å². The van der Waals surface area contributed by atoms with E-state index in [1.54, 1.807) is 12.1 Å². The molecular formula is C17H27N3O3. The number of nitrogens with one attached hydrogen (secondary N) is 1. The van der Waals surface area contributed by atoms with Gasteiger partial charge in [0, 0.05) is 19.6 Å². The molecule has 0 aromatic carbocycles. The van der Waals surface area contributed by atoms with Gasteiger partial charge in [-0.15, -0.1) is 0 Å². The molecule has 1 aliphatic heterocycles. The van der Waals surface area contributed by atoms with Crippen LogP contribution in [0.2, 0.25) is 0 Å². The molecule has 0 spiro atoms. The normalized spacial score (nSPS) is 19.4. The molecule has 1 N–H and O–H groups in total. The standard InChI is InChI=1S/C17H27N3O3/c1-12(2)15(18-16(21)14-6-5-9-23-14)17(22)20-8-7-13(11-20)10-19(3)4/h5-6,9,12-13,15H,7-8,10-11H2,1-4H3,(H,18,21)/t13-,15+/m1/s1. The number of rotatable bonds is 6. The summed E-state index contributed by atoms with van der Waals surface area (Å²) in [5.74, 6) is 0.416. The molecule has 0 saturated carbocycles. The van der Waals surface area contributed by atoms with Crippen LogP contribution in [0.25, 0.3) is 0 Å². The lowest BCUT2D eigenvalue weighted by molar-refractivity contribution is -0.133. The third kappa shape index (κ3) is 4.58. The van der Waals surface area contributed by atoms with Gasteiger partial charge in [-0.2, -0.15) is 0 Å². The Kier molecular flexibility index (Phi) is 5.82. The van der Waals surface area contributed by atoms with Crippen LogP contribution in [0.5, 0.6) is 0 Å². The number of likely N-dealkylation sites (tertiary alicyclic amines) is 1. The van der Waals surface area contributed by atoms with Crippen LogP contribution in [-0.4, -0.2) is 61.4 Å². The largest absolute Gasteiger partial charge is 0.459 e. The Labute approximate surface area is 137 Å². The van der Waals surface area contributed by atoms with Gasteiger partial charge in [0.1, 0.15) is 6.04 Å². The number of carbonyl (C=O) groups is 2. The summed E-state index contributed by atoms with van der Waals surface area (Å²) in [5.41, 5.74) is 0. The Morgan fingerprint density at radius 2 is 2.17 bits per heavy atom. The number of hydrogen-bond acceptors (Lipinski definition) is 4. The van der Waals surface area contributed by atoms with E-state index in [9.17, 15) is 9.59 Å². The van der Waals surface area contributed by atoms with Gasteiger partial charge >= 0.3 is 0 Å². The van der Waals surface area contributed by atoms with Crippen LogP contribution in [0.4, 0.5) is 0 Å². The Balaban J connectivity index is 1.98. The molecule has 23 heavy (non-hydrogen) atoms. The zero-order valence-electron chi connectivity index (χ0n) is 14.4. The minimum absolute atomic E-state index is 0.00108. The highest BCUT2D eigenvalue weighted by atomic mass is 16.3. The fourth-order valence-corrected chi connectivity index (χ4v) is 3.03. The third-order valence-corrected chi connectivity index (χ3v) is 4.19. The molecular weight excluding hydrogens is 294 g/mol. The highest BCUT2D eigenvalue weighted by molar-refractivity contribution is 5.95. The lowest BCUT2D eigenvalue weighted by atomic mass is 10.0. The van der Waals surface area contributed by atoms with Crippen LogP contribution in [0.1, 0.15) is 30.8 Å². The fourth-order valence-electron chi connectivity index (χ4n) is 3.03.